The van der Waals surface area contributed by atoms with Gasteiger partial charge < -0.3 is 45.1 Å². The predicted octanol–water partition coefficient (Wildman–Crippen LogP) is 0.816. The summed E-state index contributed by atoms with van der Waals surface area (Å²) in [5.74, 6) is 0. The summed E-state index contributed by atoms with van der Waals surface area (Å²) in [6, 6.07) is 0. The van der Waals surface area contributed by atoms with Gasteiger partial charge in [0.25, 0.3) is 0 Å². The zero-order chi connectivity index (χ0) is 24.8. The largest absolute Gasteiger partial charge is 0.395 e. The summed E-state index contributed by atoms with van der Waals surface area (Å²) in [4.78, 5) is 31.3. The van der Waals surface area contributed by atoms with Crippen LogP contribution in [0.1, 0.15) is 48.0 Å². The maximum absolute atomic E-state index is 11.1. The highest BCUT2D eigenvalue weighted by atomic mass is 31.2. The first-order chi connectivity index (χ1) is 13.9. The van der Waals surface area contributed by atoms with Crippen LogP contribution in [0.4, 0.5) is 0 Å². The SMILES string of the molecule is CC(C)(C)C1=C(C(O)C(CO)(CO)CO)C=CC(O)(C(C)(C)C)C1.OP(O)OP(O)O. The van der Waals surface area contributed by atoms with Crippen molar-refractivity contribution < 1.29 is 49.4 Å². The van der Waals surface area contributed by atoms with Crippen molar-refractivity contribution in [2.45, 2.75) is 59.7 Å². The second-order valence-corrected chi connectivity index (χ2v) is 11.4. The van der Waals surface area contributed by atoms with E-state index in [1.54, 1.807) is 12.2 Å². The molecule has 0 heterocycles. The van der Waals surface area contributed by atoms with Gasteiger partial charge in [0.2, 0.25) is 0 Å². The minimum atomic E-state index is -2.61. The van der Waals surface area contributed by atoms with Gasteiger partial charge in [-0.15, -0.1) is 0 Å². The highest BCUT2D eigenvalue weighted by Crippen LogP contribution is 2.47. The number of hydrogen-bond acceptors (Lipinski definition) is 10. The van der Waals surface area contributed by atoms with Crippen molar-refractivity contribution in [3.05, 3.63) is 23.3 Å². The smallest absolute Gasteiger partial charge is 0.334 e. The lowest BCUT2D eigenvalue weighted by molar-refractivity contribution is -0.0691. The Balaban J connectivity index is 0.00000110. The molecule has 0 aliphatic heterocycles. The van der Waals surface area contributed by atoms with E-state index in [0.717, 1.165) is 5.57 Å². The molecule has 0 aromatic heterocycles. The van der Waals surface area contributed by atoms with Crippen LogP contribution in [0.25, 0.3) is 0 Å². The van der Waals surface area contributed by atoms with Crippen LogP contribution in [0, 0.1) is 16.2 Å². The van der Waals surface area contributed by atoms with Gasteiger partial charge in [-0.3, -0.25) is 0 Å². The Morgan fingerprint density at radius 1 is 0.935 bits per heavy atom. The lowest BCUT2D eigenvalue weighted by atomic mass is 9.64. The minimum Gasteiger partial charge on any atom is -0.395 e. The quantitative estimate of drug-likeness (QED) is 0.232. The highest BCUT2D eigenvalue weighted by molar-refractivity contribution is 7.53. The van der Waals surface area contributed by atoms with Crippen LogP contribution in [0.5, 0.6) is 0 Å². The lowest BCUT2D eigenvalue weighted by Gasteiger charge is -2.46. The molecule has 0 bridgehead atoms. The van der Waals surface area contributed by atoms with Crippen LogP contribution >= 0.6 is 17.2 Å². The fourth-order valence-electron chi connectivity index (χ4n) is 3.03. The molecule has 1 aliphatic carbocycles. The van der Waals surface area contributed by atoms with Crippen LogP contribution in [0.3, 0.4) is 0 Å². The van der Waals surface area contributed by atoms with Crippen molar-refractivity contribution in [2.75, 3.05) is 19.8 Å². The molecule has 31 heavy (non-hydrogen) atoms. The molecule has 0 amide bonds. The molecule has 0 spiro atoms. The topological polar surface area (TPSA) is 191 Å². The second-order valence-electron chi connectivity index (χ2n) is 9.69. The van der Waals surface area contributed by atoms with Crippen molar-refractivity contribution >= 4 is 17.2 Å². The van der Waals surface area contributed by atoms with E-state index in [-0.39, 0.29) is 5.41 Å². The van der Waals surface area contributed by atoms with E-state index >= 15 is 0 Å². The summed E-state index contributed by atoms with van der Waals surface area (Å²) < 4.78 is 3.60. The zero-order valence-corrected chi connectivity index (χ0v) is 20.7. The number of aliphatic hydroxyl groups is 5. The maximum Gasteiger partial charge on any atom is 0.334 e. The van der Waals surface area contributed by atoms with E-state index in [1.807, 2.05) is 41.5 Å². The first-order valence-corrected chi connectivity index (χ1v) is 11.9. The molecule has 0 saturated carbocycles. The molecule has 0 saturated heterocycles. The van der Waals surface area contributed by atoms with Gasteiger partial charge in [0.1, 0.15) is 0 Å². The van der Waals surface area contributed by atoms with E-state index in [2.05, 4.69) is 4.31 Å². The third-order valence-electron chi connectivity index (χ3n) is 5.50. The van der Waals surface area contributed by atoms with E-state index in [0.29, 0.717) is 12.0 Å². The molecule has 1 rings (SSSR count). The van der Waals surface area contributed by atoms with Crippen molar-refractivity contribution in [3.63, 3.8) is 0 Å². The van der Waals surface area contributed by atoms with Gasteiger partial charge in [-0.2, -0.15) is 0 Å². The summed E-state index contributed by atoms with van der Waals surface area (Å²) >= 11 is 0. The van der Waals surface area contributed by atoms with Crippen LogP contribution in [0.2, 0.25) is 0 Å². The Kier molecular flexibility index (Phi) is 11.9. The fraction of sp³-hybridized carbons (Fsp3) is 0.789. The summed E-state index contributed by atoms with van der Waals surface area (Å²) in [5.41, 5.74) is -1.79. The summed E-state index contributed by atoms with van der Waals surface area (Å²) in [7, 11) is -5.22. The van der Waals surface area contributed by atoms with E-state index in [4.69, 9.17) is 19.6 Å². The molecule has 0 aromatic rings. The molecule has 0 radical (unpaired) electrons. The number of hydrogen-bond donors (Lipinski definition) is 9. The Hall–Kier alpha value is -0.0600. The first kappa shape index (κ1) is 30.9. The molecule has 12 heteroatoms. The molecular formula is C19H38O10P2. The lowest BCUT2D eigenvalue weighted by Crippen LogP contribution is -2.49. The van der Waals surface area contributed by atoms with Gasteiger partial charge in [0, 0.05) is 6.42 Å². The Morgan fingerprint density at radius 2 is 1.35 bits per heavy atom. The van der Waals surface area contributed by atoms with Crippen molar-refractivity contribution in [3.8, 4) is 0 Å². The maximum atomic E-state index is 11.1. The summed E-state index contributed by atoms with van der Waals surface area (Å²) in [5, 5.41) is 50.8. The molecule has 10 nitrogen and oxygen atoms in total. The van der Waals surface area contributed by atoms with Crippen molar-refractivity contribution in [1.82, 2.24) is 0 Å². The van der Waals surface area contributed by atoms with E-state index in [9.17, 15) is 25.5 Å². The standard InChI is InChI=1S/C19H34O5.H4O5P2/c1-16(2,3)14-9-19(24,17(4,5)6)8-7-13(14)15(23)18(10-20,11-21)12-22;1-6(2)5-7(3)4/h7-8,15,20-24H,9-12H2,1-6H3;1-4H. The van der Waals surface area contributed by atoms with Crippen LogP contribution < -0.4 is 0 Å². The highest BCUT2D eigenvalue weighted by Gasteiger charge is 2.46. The third-order valence-corrected chi connectivity index (χ3v) is 6.67. The third kappa shape index (κ3) is 8.34. The molecule has 2 atom stereocenters. The average Bonchev–Trinajstić information content (AvgIpc) is 2.61. The first-order valence-electron chi connectivity index (χ1n) is 9.60. The van der Waals surface area contributed by atoms with Gasteiger partial charge in [0.05, 0.1) is 36.9 Å². The number of rotatable bonds is 7. The average molecular weight is 488 g/mol. The molecular weight excluding hydrogens is 450 g/mol. The molecule has 2 unspecified atom stereocenters. The normalized spacial score (nSPS) is 21.5. The second kappa shape index (κ2) is 11.9. The summed E-state index contributed by atoms with van der Waals surface area (Å²) in [6.45, 7) is 10.2. The molecule has 1 aliphatic rings. The Morgan fingerprint density at radius 3 is 1.61 bits per heavy atom. The van der Waals surface area contributed by atoms with Crippen LogP contribution in [0.15, 0.2) is 23.3 Å². The van der Waals surface area contributed by atoms with E-state index in [1.165, 1.54) is 0 Å². The van der Waals surface area contributed by atoms with Gasteiger partial charge in [-0.05, 0) is 16.4 Å². The molecule has 0 fully saturated rings. The van der Waals surface area contributed by atoms with Gasteiger partial charge >= 0.3 is 17.2 Å². The van der Waals surface area contributed by atoms with Crippen LogP contribution in [-0.2, 0) is 4.31 Å². The van der Waals surface area contributed by atoms with Gasteiger partial charge in [-0.1, -0.05) is 59.3 Å². The fourth-order valence-corrected chi connectivity index (χ4v) is 3.56. The van der Waals surface area contributed by atoms with Crippen molar-refractivity contribution in [2.24, 2.45) is 16.2 Å². The number of aliphatic hydroxyl groups excluding tert-OH is 4. The minimum absolute atomic E-state index is 0.327. The molecule has 0 aromatic carbocycles. The molecule has 9 N–H and O–H groups in total. The predicted molar refractivity (Wildman–Crippen MR) is 118 cm³/mol. The van der Waals surface area contributed by atoms with Gasteiger partial charge in [0.15, 0.2) is 0 Å². The van der Waals surface area contributed by atoms with Crippen LogP contribution in [-0.4, -0.2) is 76.6 Å². The molecule has 184 valence electrons. The summed E-state index contributed by atoms with van der Waals surface area (Å²) in [6.07, 6.45) is 2.47. The Bertz CT molecular complexity index is 604. The zero-order valence-electron chi connectivity index (χ0n) is 18.9. The monoisotopic (exact) mass is 488 g/mol. The Labute approximate surface area is 186 Å². The van der Waals surface area contributed by atoms with Crippen molar-refractivity contribution in [1.29, 1.82) is 0 Å². The van der Waals surface area contributed by atoms with E-state index < -0.39 is 59.6 Å². The van der Waals surface area contributed by atoms with Gasteiger partial charge in [-0.25, -0.2) is 4.31 Å².